The number of rotatable bonds is 3. The Morgan fingerprint density at radius 3 is 2.68 bits per heavy atom. The molecule has 0 saturated heterocycles. The lowest BCUT2D eigenvalue weighted by molar-refractivity contribution is 0.591. The van der Waals surface area contributed by atoms with E-state index in [0.717, 1.165) is 21.4 Å². The normalized spacial score (nSPS) is 12.5. The van der Waals surface area contributed by atoms with E-state index in [2.05, 4.69) is 20.9 Å². The molecule has 1 atom stereocenters. The third kappa shape index (κ3) is 3.39. The summed E-state index contributed by atoms with van der Waals surface area (Å²) in [6.07, 6.45) is 0.455. The maximum Gasteiger partial charge on any atom is 0.126 e. The summed E-state index contributed by atoms with van der Waals surface area (Å²) in [7, 11) is 0. The van der Waals surface area contributed by atoms with Crippen molar-refractivity contribution in [1.82, 2.24) is 4.98 Å². The van der Waals surface area contributed by atoms with Gasteiger partial charge in [0.15, 0.2) is 0 Å². The monoisotopic (exact) mass is 322 g/mol. The molecule has 0 aliphatic carbocycles. The summed E-state index contributed by atoms with van der Waals surface area (Å²) in [6, 6.07) is 8.55. The largest absolute Gasteiger partial charge is 0.324 e. The summed E-state index contributed by atoms with van der Waals surface area (Å²) >= 11 is 3.35. The lowest BCUT2D eigenvalue weighted by Crippen LogP contribution is -2.16. The van der Waals surface area contributed by atoms with E-state index in [1.807, 2.05) is 26.0 Å². The first-order valence-electron chi connectivity index (χ1n) is 6.11. The van der Waals surface area contributed by atoms with Crippen LogP contribution in [0.5, 0.6) is 0 Å². The number of hydrogen-bond donors (Lipinski definition) is 1. The molecule has 0 aliphatic rings. The lowest BCUT2D eigenvalue weighted by atomic mass is 9.98. The molecule has 2 N–H and O–H groups in total. The Morgan fingerprint density at radius 1 is 1.26 bits per heavy atom. The minimum absolute atomic E-state index is 0.226. The van der Waals surface area contributed by atoms with Crippen LogP contribution in [0, 0.1) is 19.7 Å². The zero-order chi connectivity index (χ0) is 14.0. The third-order valence-corrected chi connectivity index (χ3v) is 3.61. The van der Waals surface area contributed by atoms with Gasteiger partial charge >= 0.3 is 0 Å². The molecule has 2 nitrogen and oxygen atoms in total. The smallest absolute Gasteiger partial charge is 0.126 e. The van der Waals surface area contributed by atoms with Gasteiger partial charge in [-0.05, 0) is 55.7 Å². The molecular formula is C15H16BrFN2. The Hall–Kier alpha value is -1.26. The molecule has 0 saturated carbocycles. The van der Waals surface area contributed by atoms with Crippen molar-refractivity contribution in [3.8, 4) is 0 Å². The first-order valence-corrected chi connectivity index (χ1v) is 6.90. The highest BCUT2D eigenvalue weighted by Gasteiger charge is 2.13. The second kappa shape index (κ2) is 5.80. The Balaban J connectivity index is 2.25. The molecule has 0 spiro atoms. The molecule has 1 aromatic carbocycles. The van der Waals surface area contributed by atoms with Crippen molar-refractivity contribution in [3.05, 3.63) is 63.1 Å². The van der Waals surface area contributed by atoms with Crippen LogP contribution in [0.1, 0.15) is 28.6 Å². The van der Waals surface area contributed by atoms with Crippen LogP contribution in [-0.4, -0.2) is 4.98 Å². The highest BCUT2D eigenvalue weighted by atomic mass is 79.9. The van der Waals surface area contributed by atoms with E-state index < -0.39 is 0 Å². The maximum atomic E-state index is 13.7. The van der Waals surface area contributed by atoms with Crippen molar-refractivity contribution in [1.29, 1.82) is 0 Å². The van der Waals surface area contributed by atoms with Crippen molar-refractivity contribution in [3.63, 3.8) is 0 Å². The molecule has 0 radical (unpaired) electrons. The maximum absolute atomic E-state index is 13.7. The molecule has 0 fully saturated rings. The summed E-state index contributed by atoms with van der Waals surface area (Å²) in [5.74, 6) is -0.226. The highest BCUT2D eigenvalue weighted by Crippen LogP contribution is 2.23. The van der Waals surface area contributed by atoms with Crippen LogP contribution in [-0.2, 0) is 6.42 Å². The molecule has 1 heterocycles. The molecule has 1 aromatic heterocycles. The van der Waals surface area contributed by atoms with Crippen molar-refractivity contribution < 1.29 is 4.39 Å². The van der Waals surface area contributed by atoms with Gasteiger partial charge in [-0.2, -0.15) is 0 Å². The molecular weight excluding hydrogens is 307 g/mol. The first-order chi connectivity index (χ1) is 8.97. The number of aromatic nitrogens is 1. The summed E-state index contributed by atoms with van der Waals surface area (Å²) < 4.78 is 14.6. The summed E-state index contributed by atoms with van der Waals surface area (Å²) in [6.45, 7) is 3.87. The fourth-order valence-corrected chi connectivity index (χ4v) is 2.54. The average Bonchev–Trinajstić information content (AvgIpc) is 2.33. The number of nitrogens with zero attached hydrogens (tertiary/aromatic N) is 1. The fourth-order valence-electron chi connectivity index (χ4n) is 2.14. The van der Waals surface area contributed by atoms with Gasteiger partial charge in [-0.3, -0.25) is 4.98 Å². The van der Waals surface area contributed by atoms with Gasteiger partial charge in [0.05, 0.1) is 0 Å². The average molecular weight is 323 g/mol. The number of aryl methyl sites for hydroxylation is 2. The molecule has 1 unspecified atom stereocenters. The van der Waals surface area contributed by atoms with Gasteiger partial charge in [0.1, 0.15) is 5.82 Å². The lowest BCUT2D eigenvalue weighted by Gasteiger charge is -2.15. The Kier molecular flexibility index (Phi) is 4.32. The van der Waals surface area contributed by atoms with Gasteiger partial charge in [0.2, 0.25) is 0 Å². The number of halogens is 2. The van der Waals surface area contributed by atoms with Gasteiger partial charge in [-0.1, -0.05) is 22.0 Å². The van der Waals surface area contributed by atoms with E-state index in [1.54, 1.807) is 12.1 Å². The van der Waals surface area contributed by atoms with E-state index >= 15 is 0 Å². The molecule has 0 aliphatic heterocycles. The van der Waals surface area contributed by atoms with Crippen molar-refractivity contribution in [2.24, 2.45) is 5.73 Å². The number of pyridine rings is 1. The van der Waals surface area contributed by atoms with E-state index in [0.29, 0.717) is 12.0 Å². The standard InChI is InChI=1S/C15H16BrFN2/c1-9-3-5-13(10(2)19-9)15(18)8-11-7-12(16)4-6-14(11)17/h3-7,15H,8,18H2,1-2H3. The third-order valence-electron chi connectivity index (χ3n) is 3.11. The topological polar surface area (TPSA) is 38.9 Å². The van der Waals surface area contributed by atoms with Crippen molar-refractivity contribution in [2.75, 3.05) is 0 Å². The Labute approximate surface area is 121 Å². The van der Waals surface area contributed by atoms with Crippen LogP contribution in [0.3, 0.4) is 0 Å². The molecule has 0 amide bonds. The Bertz CT molecular complexity index is 599. The van der Waals surface area contributed by atoms with Gasteiger partial charge in [-0.25, -0.2) is 4.39 Å². The number of benzene rings is 1. The summed E-state index contributed by atoms with van der Waals surface area (Å²) in [5, 5.41) is 0. The molecule has 0 bridgehead atoms. The minimum atomic E-state index is -0.253. The molecule has 4 heteroatoms. The quantitative estimate of drug-likeness (QED) is 0.932. The molecule has 100 valence electrons. The molecule has 19 heavy (non-hydrogen) atoms. The van der Waals surface area contributed by atoms with Crippen LogP contribution in [0.15, 0.2) is 34.8 Å². The van der Waals surface area contributed by atoms with E-state index in [9.17, 15) is 4.39 Å². The van der Waals surface area contributed by atoms with E-state index in [4.69, 9.17) is 5.73 Å². The van der Waals surface area contributed by atoms with Gasteiger partial charge in [0.25, 0.3) is 0 Å². The Morgan fingerprint density at radius 2 is 2.00 bits per heavy atom. The van der Waals surface area contributed by atoms with Crippen LogP contribution in [0.25, 0.3) is 0 Å². The van der Waals surface area contributed by atoms with E-state index in [1.165, 1.54) is 6.07 Å². The van der Waals surface area contributed by atoms with Crippen LogP contribution < -0.4 is 5.73 Å². The second-order valence-electron chi connectivity index (χ2n) is 4.67. The van der Waals surface area contributed by atoms with Crippen LogP contribution >= 0.6 is 15.9 Å². The van der Waals surface area contributed by atoms with Gasteiger partial charge in [0, 0.05) is 21.9 Å². The number of hydrogen-bond acceptors (Lipinski definition) is 2. The fraction of sp³-hybridized carbons (Fsp3) is 0.267. The summed E-state index contributed by atoms with van der Waals surface area (Å²) in [4.78, 5) is 4.39. The van der Waals surface area contributed by atoms with Gasteiger partial charge in [-0.15, -0.1) is 0 Å². The predicted octanol–water partition coefficient (Wildman–Crippen LogP) is 3.84. The zero-order valence-corrected chi connectivity index (χ0v) is 12.5. The number of nitrogens with two attached hydrogens (primary N) is 1. The second-order valence-corrected chi connectivity index (χ2v) is 5.59. The molecule has 2 rings (SSSR count). The first kappa shape index (κ1) is 14.2. The highest BCUT2D eigenvalue weighted by molar-refractivity contribution is 9.10. The predicted molar refractivity (Wildman–Crippen MR) is 78.4 cm³/mol. The van der Waals surface area contributed by atoms with Crippen LogP contribution in [0.4, 0.5) is 4.39 Å². The van der Waals surface area contributed by atoms with Crippen LogP contribution in [0.2, 0.25) is 0 Å². The summed E-state index contributed by atoms with van der Waals surface area (Å²) in [5.41, 5.74) is 9.62. The molecule has 2 aromatic rings. The van der Waals surface area contributed by atoms with Gasteiger partial charge < -0.3 is 5.73 Å². The van der Waals surface area contributed by atoms with E-state index in [-0.39, 0.29) is 11.9 Å². The zero-order valence-electron chi connectivity index (χ0n) is 11.0. The van der Waals surface area contributed by atoms with Crippen molar-refractivity contribution >= 4 is 15.9 Å². The SMILES string of the molecule is Cc1ccc(C(N)Cc2cc(Br)ccc2F)c(C)n1. The minimum Gasteiger partial charge on any atom is -0.324 e. The van der Waals surface area contributed by atoms with Crippen molar-refractivity contribution in [2.45, 2.75) is 26.3 Å².